The molecule has 0 aromatic heterocycles. The third-order valence-corrected chi connectivity index (χ3v) is 6.02. The minimum atomic E-state index is -0.103. The van der Waals surface area contributed by atoms with E-state index in [0.29, 0.717) is 5.56 Å². The fourth-order valence-electron chi connectivity index (χ4n) is 3.58. The Bertz CT molecular complexity index is 599. The first-order valence-corrected chi connectivity index (χ1v) is 10.3. The zero-order chi connectivity index (χ0) is 17.6. The Kier molecular flexibility index (Phi) is 6.37. The number of nitrogens with zero attached hydrogens (tertiary/aromatic N) is 2. The normalized spacial score (nSPS) is 21.8. The number of nitrogens with one attached hydrogen (secondary N) is 1. The molecule has 6 heteroatoms. The molecule has 136 valence electrons. The summed E-state index contributed by atoms with van der Waals surface area (Å²) in [7, 11) is 0. The lowest BCUT2D eigenvalue weighted by Crippen LogP contribution is -2.47. The molecule has 2 heterocycles. The maximum atomic E-state index is 13.1. The molecule has 2 aliphatic rings. The van der Waals surface area contributed by atoms with Gasteiger partial charge in [-0.2, -0.15) is 11.8 Å². The highest BCUT2D eigenvalue weighted by Crippen LogP contribution is 2.22. The summed E-state index contributed by atoms with van der Waals surface area (Å²) in [6.07, 6.45) is 3.60. The third kappa shape index (κ3) is 4.98. The van der Waals surface area contributed by atoms with Crippen LogP contribution in [-0.4, -0.2) is 65.3 Å². The van der Waals surface area contributed by atoms with Crippen LogP contribution in [0, 0.1) is 0 Å². The standard InChI is InChI=1S/C19H27N3O2S/c1-15(23)20-17-7-5-16(6-8-17)19(24)22-11-4-12-25-14-18(22)13-21-9-2-3-10-21/h5-8,18H,2-4,9-14H2,1H3,(H,20,23). The molecular formula is C19H27N3O2S. The molecular weight excluding hydrogens is 334 g/mol. The number of amides is 2. The van der Waals surface area contributed by atoms with E-state index in [2.05, 4.69) is 15.1 Å². The Hall–Kier alpha value is -1.53. The molecule has 25 heavy (non-hydrogen) atoms. The van der Waals surface area contributed by atoms with Gasteiger partial charge < -0.3 is 15.1 Å². The van der Waals surface area contributed by atoms with E-state index in [-0.39, 0.29) is 17.9 Å². The van der Waals surface area contributed by atoms with Gasteiger partial charge in [-0.05, 0) is 62.4 Å². The van der Waals surface area contributed by atoms with Crippen LogP contribution in [0.5, 0.6) is 0 Å². The summed E-state index contributed by atoms with van der Waals surface area (Å²) < 4.78 is 0. The predicted molar refractivity (Wildman–Crippen MR) is 103 cm³/mol. The number of thioether (sulfide) groups is 1. The summed E-state index contributed by atoms with van der Waals surface area (Å²) in [6.45, 7) is 5.63. The molecule has 1 N–H and O–H groups in total. The first kappa shape index (κ1) is 18.3. The first-order valence-electron chi connectivity index (χ1n) is 9.12. The molecule has 1 aromatic carbocycles. The number of carbonyl (C=O) groups is 2. The predicted octanol–water partition coefficient (Wildman–Crippen LogP) is 2.69. The van der Waals surface area contributed by atoms with Crippen molar-refractivity contribution in [3.63, 3.8) is 0 Å². The monoisotopic (exact) mass is 361 g/mol. The van der Waals surface area contributed by atoms with Crippen LogP contribution >= 0.6 is 11.8 Å². The van der Waals surface area contributed by atoms with Crippen molar-refractivity contribution in [1.82, 2.24) is 9.80 Å². The van der Waals surface area contributed by atoms with Gasteiger partial charge in [-0.25, -0.2) is 0 Å². The van der Waals surface area contributed by atoms with Crippen molar-refractivity contribution >= 4 is 29.3 Å². The molecule has 1 atom stereocenters. The molecule has 3 rings (SSSR count). The second kappa shape index (κ2) is 8.72. The molecule has 5 nitrogen and oxygen atoms in total. The zero-order valence-electron chi connectivity index (χ0n) is 14.9. The number of rotatable bonds is 4. The van der Waals surface area contributed by atoms with Gasteiger partial charge >= 0.3 is 0 Å². The van der Waals surface area contributed by atoms with Gasteiger partial charge in [0.25, 0.3) is 5.91 Å². The van der Waals surface area contributed by atoms with Gasteiger partial charge in [-0.3, -0.25) is 9.59 Å². The van der Waals surface area contributed by atoms with Crippen molar-refractivity contribution in [2.75, 3.05) is 43.0 Å². The number of carbonyl (C=O) groups excluding carboxylic acids is 2. The molecule has 0 saturated carbocycles. The van der Waals surface area contributed by atoms with Crippen LogP contribution < -0.4 is 5.32 Å². The second-order valence-electron chi connectivity index (χ2n) is 6.85. The van der Waals surface area contributed by atoms with E-state index in [4.69, 9.17) is 0 Å². The van der Waals surface area contributed by atoms with Crippen molar-refractivity contribution in [3.8, 4) is 0 Å². The summed E-state index contributed by atoms with van der Waals surface area (Å²) in [6, 6.07) is 7.53. The van der Waals surface area contributed by atoms with E-state index >= 15 is 0 Å². The van der Waals surface area contributed by atoms with E-state index in [1.165, 1.54) is 19.8 Å². The number of benzene rings is 1. The summed E-state index contributed by atoms with van der Waals surface area (Å²) >= 11 is 1.96. The summed E-state index contributed by atoms with van der Waals surface area (Å²) in [5.74, 6) is 2.16. The lowest BCUT2D eigenvalue weighted by atomic mass is 10.1. The highest BCUT2D eigenvalue weighted by Gasteiger charge is 2.28. The SMILES string of the molecule is CC(=O)Nc1ccc(C(=O)N2CCCSCC2CN2CCCC2)cc1. The van der Waals surface area contributed by atoms with Crippen molar-refractivity contribution < 1.29 is 9.59 Å². The zero-order valence-corrected chi connectivity index (χ0v) is 15.7. The Labute approximate surface area is 154 Å². The lowest BCUT2D eigenvalue weighted by molar-refractivity contribution is -0.114. The number of anilines is 1. The molecule has 0 spiro atoms. The van der Waals surface area contributed by atoms with Crippen molar-refractivity contribution in [3.05, 3.63) is 29.8 Å². The van der Waals surface area contributed by atoms with Gasteiger partial charge in [0.15, 0.2) is 0 Å². The Morgan fingerprint density at radius 3 is 2.52 bits per heavy atom. The van der Waals surface area contributed by atoms with E-state index in [1.54, 1.807) is 12.1 Å². The van der Waals surface area contributed by atoms with E-state index in [1.807, 2.05) is 23.9 Å². The van der Waals surface area contributed by atoms with Gasteiger partial charge in [-0.1, -0.05) is 0 Å². The first-order chi connectivity index (χ1) is 12.1. The van der Waals surface area contributed by atoms with Crippen molar-refractivity contribution in [2.45, 2.75) is 32.2 Å². The molecule has 0 radical (unpaired) electrons. The van der Waals surface area contributed by atoms with Gasteiger partial charge in [0.1, 0.15) is 0 Å². The molecule has 0 aliphatic carbocycles. The molecule has 2 amide bonds. The van der Waals surface area contributed by atoms with Gasteiger partial charge in [0.2, 0.25) is 5.91 Å². The quantitative estimate of drug-likeness (QED) is 0.896. The van der Waals surface area contributed by atoms with Gasteiger partial charge in [0.05, 0.1) is 6.04 Å². The molecule has 0 bridgehead atoms. The fraction of sp³-hybridized carbons (Fsp3) is 0.579. The van der Waals surface area contributed by atoms with Crippen LogP contribution in [0.4, 0.5) is 5.69 Å². The van der Waals surface area contributed by atoms with Gasteiger partial charge in [-0.15, -0.1) is 0 Å². The Morgan fingerprint density at radius 1 is 1.12 bits per heavy atom. The third-order valence-electron chi connectivity index (χ3n) is 4.82. The average molecular weight is 362 g/mol. The Balaban J connectivity index is 1.70. The largest absolute Gasteiger partial charge is 0.334 e. The number of likely N-dealkylation sites (tertiary alicyclic amines) is 1. The van der Waals surface area contributed by atoms with E-state index in [9.17, 15) is 9.59 Å². The van der Waals surface area contributed by atoms with Crippen LogP contribution in [0.3, 0.4) is 0 Å². The summed E-state index contributed by atoms with van der Waals surface area (Å²) in [5.41, 5.74) is 1.43. The molecule has 1 unspecified atom stereocenters. The lowest BCUT2D eigenvalue weighted by Gasteiger charge is -2.32. The van der Waals surface area contributed by atoms with Crippen molar-refractivity contribution in [1.29, 1.82) is 0 Å². The molecule has 2 saturated heterocycles. The molecule has 2 fully saturated rings. The van der Waals surface area contributed by atoms with Crippen LogP contribution in [0.1, 0.15) is 36.5 Å². The van der Waals surface area contributed by atoms with Crippen LogP contribution in [-0.2, 0) is 4.79 Å². The van der Waals surface area contributed by atoms with Crippen LogP contribution in [0.15, 0.2) is 24.3 Å². The maximum Gasteiger partial charge on any atom is 0.254 e. The molecule has 1 aromatic rings. The van der Waals surface area contributed by atoms with Gasteiger partial charge in [0, 0.05) is 37.0 Å². The summed E-state index contributed by atoms with van der Waals surface area (Å²) in [5, 5.41) is 2.74. The van der Waals surface area contributed by atoms with E-state index < -0.39 is 0 Å². The second-order valence-corrected chi connectivity index (χ2v) is 8.00. The minimum Gasteiger partial charge on any atom is -0.334 e. The number of hydrogen-bond acceptors (Lipinski definition) is 4. The van der Waals surface area contributed by atoms with Crippen molar-refractivity contribution in [2.24, 2.45) is 0 Å². The summed E-state index contributed by atoms with van der Waals surface area (Å²) in [4.78, 5) is 28.8. The minimum absolute atomic E-state index is 0.103. The van der Waals surface area contributed by atoms with Crippen LogP contribution in [0.2, 0.25) is 0 Å². The Morgan fingerprint density at radius 2 is 1.84 bits per heavy atom. The molecule has 2 aliphatic heterocycles. The highest BCUT2D eigenvalue weighted by molar-refractivity contribution is 7.99. The van der Waals surface area contributed by atoms with Crippen LogP contribution in [0.25, 0.3) is 0 Å². The average Bonchev–Trinajstić information content (AvgIpc) is 2.99. The highest BCUT2D eigenvalue weighted by atomic mass is 32.2. The van der Waals surface area contributed by atoms with E-state index in [0.717, 1.165) is 49.8 Å². The topological polar surface area (TPSA) is 52.7 Å². The smallest absolute Gasteiger partial charge is 0.254 e. The number of hydrogen-bond donors (Lipinski definition) is 1. The maximum absolute atomic E-state index is 13.1. The fourth-order valence-corrected chi connectivity index (χ4v) is 4.63.